The summed E-state index contributed by atoms with van der Waals surface area (Å²) in [7, 11) is 2.10. The molecular formula is C33H32N2O3. The van der Waals surface area contributed by atoms with Crippen LogP contribution in [0.3, 0.4) is 0 Å². The van der Waals surface area contributed by atoms with Crippen LogP contribution in [0.2, 0.25) is 0 Å². The molecule has 0 radical (unpaired) electrons. The maximum atomic E-state index is 13.2. The number of hydrogen-bond donors (Lipinski definition) is 1. The molecule has 38 heavy (non-hydrogen) atoms. The van der Waals surface area contributed by atoms with Crippen LogP contribution in [0, 0.1) is 12.8 Å². The quantitative estimate of drug-likeness (QED) is 0.272. The predicted octanol–water partition coefficient (Wildman–Crippen LogP) is 7.79. The summed E-state index contributed by atoms with van der Waals surface area (Å²) in [5.74, 6) is 1.70. The highest BCUT2D eigenvalue weighted by Gasteiger charge is 2.53. The molecule has 2 aliphatic heterocycles. The normalized spacial score (nSPS) is 16.9. The van der Waals surface area contributed by atoms with Crippen molar-refractivity contribution in [2.45, 2.75) is 32.8 Å². The second-order valence-electron chi connectivity index (χ2n) is 10.7. The van der Waals surface area contributed by atoms with Crippen molar-refractivity contribution in [3.05, 3.63) is 113 Å². The molecule has 4 aromatic carbocycles. The topological polar surface area (TPSA) is 50.8 Å². The molecule has 4 aromatic rings. The Morgan fingerprint density at radius 3 is 2.39 bits per heavy atom. The molecule has 5 nitrogen and oxygen atoms in total. The van der Waals surface area contributed by atoms with Crippen molar-refractivity contribution in [3.63, 3.8) is 0 Å². The lowest BCUT2D eigenvalue weighted by atomic mass is 9.77. The fourth-order valence-electron chi connectivity index (χ4n) is 5.44. The van der Waals surface area contributed by atoms with Crippen LogP contribution < -0.4 is 15.0 Å². The van der Waals surface area contributed by atoms with E-state index in [1.54, 1.807) is 0 Å². The number of rotatable bonds is 6. The molecule has 0 aromatic heterocycles. The number of benzene rings is 4. The number of carbonyl (C=O) groups is 1. The van der Waals surface area contributed by atoms with Crippen LogP contribution in [0.1, 0.15) is 52.9 Å². The largest absolute Gasteiger partial charge is 0.456 e. The van der Waals surface area contributed by atoms with Gasteiger partial charge in [0.1, 0.15) is 11.5 Å². The smallest absolute Gasteiger partial charge is 0.340 e. The van der Waals surface area contributed by atoms with Crippen molar-refractivity contribution < 1.29 is 14.3 Å². The van der Waals surface area contributed by atoms with Gasteiger partial charge in [0.05, 0.1) is 5.56 Å². The summed E-state index contributed by atoms with van der Waals surface area (Å²) < 4.78 is 12.9. The summed E-state index contributed by atoms with van der Waals surface area (Å²) >= 11 is 0. The van der Waals surface area contributed by atoms with Gasteiger partial charge in [0.15, 0.2) is 5.60 Å². The van der Waals surface area contributed by atoms with Gasteiger partial charge in [0.25, 0.3) is 0 Å². The predicted molar refractivity (Wildman–Crippen MR) is 152 cm³/mol. The maximum Gasteiger partial charge on any atom is 0.340 e. The van der Waals surface area contributed by atoms with Gasteiger partial charge in [-0.3, -0.25) is 0 Å². The summed E-state index contributed by atoms with van der Waals surface area (Å²) in [4.78, 5) is 15.5. The second-order valence-corrected chi connectivity index (χ2v) is 10.7. The van der Waals surface area contributed by atoms with Gasteiger partial charge in [0, 0.05) is 53.4 Å². The molecule has 1 N–H and O–H groups in total. The number of anilines is 3. The molecule has 2 aliphatic rings. The molecule has 1 unspecified atom stereocenters. The zero-order valence-electron chi connectivity index (χ0n) is 22.2. The Labute approximate surface area is 224 Å². The molecule has 5 heteroatoms. The lowest BCUT2D eigenvalue weighted by Crippen LogP contribution is -2.33. The summed E-state index contributed by atoms with van der Waals surface area (Å²) in [5.41, 5.74) is 6.01. The molecule has 192 valence electrons. The average Bonchev–Trinajstić information content (AvgIpc) is 3.21. The first-order chi connectivity index (χ1) is 18.4. The van der Waals surface area contributed by atoms with E-state index in [9.17, 15) is 4.79 Å². The maximum absolute atomic E-state index is 13.2. The van der Waals surface area contributed by atoms with E-state index in [0.29, 0.717) is 23.0 Å². The van der Waals surface area contributed by atoms with Crippen LogP contribution in [0.4, 0.5) is 17.1 Å². The number of carbonyl (C=O) groups excluding carboxylic acids is 1. The zero-order valence-corrected chi connectivity index (χ0v) is 22.2. The summed E-state index contributed by atoms with van der Waals surface area (Å²) in [5, 5.41) is 3.53. The van der Waals surface area contributed by atoms with E-state index in [0.717, 1.165) is 52.3 Å². The van der Waals surface area contributed by atoms with Crippen molar-refractivity contribution in [2.75, 3.05) is 23.8 Å². The molecule has 0 amide bonds. The molecule has 0 saturated carbocycles. The van der Waals surface area contributed by atoms with Crippen LogP contribution in [-0.4, -0.2) is 19.6 Å². The molecule has 0 aliphatic carbocycles. The van der Waals surface area contributed by atoms with Crippen molar-refractivity contribution in [1.29, 1.82) is 0 Å². The first-order valence-electron chi connectivity index (χ1n) is 13.2. The lowest BCUT2D eigenvalue weighted by molar-refractivity contribution is 0.0224. The van der Waals surface area contributed by atoms with Crippen molar-refractivity contribution in [3.8, 4) is 11.5 Å². The minimum absolute atomic E-state index is 0.323. The Morgan fingerprint density at radius 2 is 1.61 bits per heavy atom. The van der Waals surface area contributed by atoms with Gasteiger partial charge < -0.3 is 19.7 Å². The number of fused-ring (bicyclic) bond motifs is 6. The highest BCUT2D eigenvalue weighted by atomic mass is 16.6. The van der Waals surface area contributed by atoms with Gasteiger partial charge in [-0.2, -0.15) is 0 Å². The molecule has 1 atom stereocenters. The molecule has 1 spiro atoms. The molecule has 6 rings (SSSR count). The van der Waals surface area contributed by atoms with Gasteiger partial charge in [-0.05, 0) is 67.3 Å². The third kappa shape index (κ3) is 3.90. The average molecular weight is 505 g/mol. The number of para-hydroxylation sites is 1. The Kier molecular flexibility index (Phi) is 5.87. The molecule has 0 bridgehead atoms. The van der Waals surface area contributed by atoms with Gasteiger partial charge in [-0.15, -0.1) is 0 Å². The highest BCUT2D eigenvalue weighted by Crippen LogP contribution is 2.57. The van der Waals surface area contributed by atoms with Gasteiger partial charge >= 0.3 is 5.97 Å². The summed E-state index contributed by atoms with van der Waals surface area (Å²) in [6.45, 7) is 7.48. The van der Waals surface area contributed by atoms with Gasteiger partial charge in [0.2, 0.25) is 0 Å². The third-order valence-corrected chi connectivity index (χ3v) is 7.58. The number of hydrogen-bond acceptors (Lipinski definition) is 5. The number of esters is 1. The summed E-state index contributed by atoms with van der Waals surface area (Å²) in [6.07, 6.45) is 1.10. The zero-order chi connectivity index (χ0) is 26.4. The van der Waals surface area contributed by atoms with Gasteiger partial charge in [-0.25, -0.2) is 4.79 Å². The molecule has 2 heterocycles. The second kappa shape index (κ2) is 9.25. The number of nitrogens with one attached hydrogen (secondary N) is 1. The van der Waals surface area contributed by atoms with Crippen LogP contribution in [0.15, 0.2) is 84.9 Å². The molecule has 0 saturated heterocycles. The SMILES string of the molecule is Cc1cc2c(cc1Nc1ccccc1)C1(OC(=O)c3ccccc31)c1ccc(N(C)CCC(C)C)cc1O2. The van der Waals surface area contributed by atoms with Crippen LogP contribution in [0.5, 0.6) is 11.5 Å². The molecular weight excluding hydrogens is 472 g/mol. The van der Waals surface area contributed by atoms with Crippen molar-refractivity contribution >= 4 is 23.0 Å². The Bertz CT molecular complexity index is 1530. The highest BCUT2D eigenvalue weighted by molar-refractivity contribution is 5.97. The van der Waals surface area contributed by atoms with Crippen LogP contribution >= 0.6 is 0 Å². The standard InChI is InChI=1S/C33H32N2O3/c1-21(2)16-17-35(4)24-14-15-27-31(19-24)37-30-18-22(3)29(34-23-10-6-5-7-11-23)20-28(30)33(27)26-13-9-8-12-25(26)32(36)38-33/h5-15,18-21,34H,16-17H2,1-4H3. The fourth-order valence-corrected chi connectivity index (χ4v) is 5.44. The molecule has 0 fully saturated rings. The van der Waals surface area contributed by atoms with E-state index in [1.165, 1.54) is 0 Å². The van der Waals surface area contributed by atoms with E-state index in [-0.39, 0.29) is 5.97 Å². The van der Waals surface area contributed by atoms with E-state index in [4.69, 9.17) is 9.47 Å². The Morgan fingerprint density at radius 1 is 0.868 bits per heavy atom. The third-order valence-electron chi connectivity index (χ3n) is 7.58. The van der Waals surface area contributed by atoms with Gasteiger partial charge in [-0.1, -0.05) is 50.2 Å². The minimum atomic E-state index is -1.09. The lowest BCUT2D eigenvalue weighted by Gasteiger charge is -2.37. The van der Waals surface area contributed by atoms with E-state index in [1.807, 2.05) is 60.7 Å². The minimum Gasteiger partial charge on any atom is -0.456 e. The van der Waals surface area contributed by atoms with Crippen molar-refractivity contribution in [2.24, 2.45) is 5.92 Å². The van der Waals surface area contributed by atoms with Crippen LogP contribution in [0.25, 0.3) is 0 Å². The fraction of sp³-hybridized carbons (Fsp3) is 0.242. The van der Waals surface area contributed by atoms with E-state index in [2.05, 4.69) is 62.3 Å². The van der Waals surface area contributed by atoms with E-state index >= 15 is 0 Å². The number of nitrogens with zero attached hydrogens (tertiary/aromatic N) is 1. The Hall–Kier alpha value is -4.25. The first kappa shape index (κ1) is 24.1. The van der Waals surface area contributed by atoms with Crippen LogP contribution in [-0.2, 0) is 10.3 Å². The summed E-state index contributed by atoms with van der Waals surface area (Å²) in [6, 6.07) is 28.1. The van der Waals surface area contributed by atoms with E-state index < -0.39 is 5.60 Å². The Balaban J connectivity index is 1.52. The monoisotopic (exact) mass is 504 g/mol. The van der Waals surface area contributed by atoms with Crippen molar-refractivity contribution in [1.82, 2.24) is 0 Å². The number of ether oxygens (including phenoxy) is 2. The first-order valence-corrected chi connectivity index (χ1v) is 13.2. The number of aryl methyl sites for hydroxylation is 1.